The molecule has 1 amide bonds. The number of hydrogen-bond donors (Lipinski definition) is 1. The summed E-state index contributed by atoms with van der Waals surface area (Å²) in [5.74, 6) is 0.0469. The lowest BCUT2D eigenvalue weighted by Gasteiger charge is -2.00. The van der Waals surface area contributed by atoms with Crippen molar-refractivity contribution in [3.8, 4) is 0 Å². The van der Waals surface area contributed by atoms with Crippen molar-refractivity contribution in [3.63, 3.8) is 0 Å². The third-order valence-corrected chi connectivity index (χ3v) is 3.47. The highest BCUT2D eigenvalue weighted by Crippen LogP contribution is 2.24. The summed E-state index contributed by atoms with van der Waals surface area (Å²) in [7, 11) is 0. The predicted octanol–water partition coefficient (Wildman–Crippen LogP) is 2.40. The van der Waals surface area contributed by atoms with Crippen molar-refractivity contribution >= 4 is 33.2 Å². The van der Waals surface area contributed by atoms with Crippen LogP contribution in [0.4, 0.5) is 0 Å². The zero-order valence-electron chi connectivity index (χ0n) is 6.34. The Kier molecular flexibility index (Phi) is 2.19. The van der Waals surface area contributed by atoms with Gasteiger partial charge in [-0.2, -0.15) is 11.3 Å². The summed E-state index contributed by atoms with van der Waals surface area (Å²) in [4.78, 5) is 11.4. The van der Waals surface area contributed by atoms with Gasteiger partial charge < -0.3 is 5.32 Å². The molecule has 1 aliphatic rings. The van der Waals surface area contributed by atoms with Crippen LogP contribution in [0, 0.1) is 0 Å². The van der Waals surface area contributed by atoms with Crippen LogP contribution >= 0.6 is 27.3 Å². The molecule has 1 fully saturated rings. The monoisotopic (exact) mass is 245 g/mol. The van der Waals surface area contributed by atoms with Crippen LogP contribution < -0.4 is 5.32 Å². The summed E-state index contributed by atoms with van der Waals surface area (Å²) in [6.07, 6.45) is 2.26. The van der Waals surface area contributed by atoms with Crippen LogP contribution in [0.3, 0.4) is 0 Å². The first kappa shape index (κ1) is 8.26. The third-order valence-electron chi connectivity index (χ3n) is 1.77. The molecule has 2 nitrogen and oxygen atoms in total. The van der Waals surface area contributed by atoms with Crippen molar-refractivity contribution in [1.82, 2.24) is 5.32 Å². The summed E-state index contributed by atoms with van der Waals surface area (Å²) in [6.45, 7) is 0. The second-order valence-corrected chi connectivity index (χ2v) is 4.48. The van der Waals surface area contributed by atoms with Crippen LogP contribution in [-0.2, 0) is 0 Å². The fourth-order valence-electron chi connectivity index (χ4n) is 0.934. The molecule has 0 spiro atoms. The molecule has 1 heterocycles. The topological polar surface area (TPSA) is 29.1 Å². The SMILES string of the molecule is O=C(NC1CC1)c1cscc1Br. The van der Waals surface area contributed by atoms with Crippen LogP contribution in [0.1, 0.15) is 23.2 Å². The van der Waals surface area contributed by atoms with Crippen molar-refractivity contribution in [2.24, 2.45) is 0 Å². The lowest BCUT2D eigenvalue weighted by atomic mass is 10.3. The van der Waals surface area contributed by atoms with Crippen LogP contribution in [0.5, 0.6) is 0 Å². The highest BCUT2D eigenvalue weighted by Gasteiger charge is 2.24. The molecule has 1 N–H and O–H groups in total. The van der Waals surface area contributed by atoms with Crippen LogP contribution in [0.15, 0.2) is 15.2 Å². The summed E-state index contributed by atoms with van der Waals surface area (Å²) in [5, 5.41) is 6.72. The molecule has 0 atom stereocenters. The number of nitrogens with one attached hydrogen (secondary N) is 1. The Labute approximate surface area is 83.1 Å². The molecule has 64 valence electrons. The Hall–Kier alpha value is -0.350. The lowest BCUT2D eigenvalue weighted by Crippen LogP contribution is -2.25. The van der Waals surface area contributed by atoms with Gasteiger partial charge in [0.2, 0.25) is 0 Å². The molecule has 1 aliphatic carbocycles. The maximum atomic E-state index is 11.4. The number of rotatable bonds is 2. The van der Waals surface area contributed by atoms with Crippen molar-refractivity contribution in [1.29, 1.82) is 0 Å². The van der Waals surface area contributed by atoms with E-state index in [2.05, 4.69) is 21.2 Å². The summed E-state index contributed by atoms with van der Waals surface area (Å²) in [6, 6.07) is 0.435. The predicted molar refractivity (Wildman–Crippen MR) is 52.5 cm³/mol. The lowest BCUT2D eigenvalue weighted by molar-refractivity contribution is 0.0951. The molecule has 0 unspecified atom stereocenters. The number of hydrogen-bond acceptors (Lipinski definition) is 2. The average Bonchev–Trinajstić information content (AvgIpc) is 2.72. The quantitative estimate of drug-likeness (QED) is 0.852. The van der Waals surface area contributed by atoms with Crippen LogP contribution in [0.2, 0.25) is 0 Å². The highest BCUT2D eigenvalue weighted by atomic mass is 79.9. The number of carbonyl (C=O) groups excluding carboxylic acids is 1. The smallest absolute Gasteiger partial charge is 0.253 e. The summed E-state index contributed by atoms with van der Waals surface area (Å²) >= 11 is 4.86. The molecule has 12 heavy (non-hydrogen) atoms. The maximum Gasteiger partial charge on any atom is 0.253 e. The summed E-state index contributed by atoms with van der Waals surface area (Å²) < 4.78 is 0.894. The fraction of sp³-hybridized carbons (Fsp3) is 0.375. The van der Waals surface area contributed by atoms with Crippen molar-refractivity contribution < 1.29 is 4.79 Å². The van der Waals surface area contributed by atoms with Gasteiger partial charge in [-0.05, 0) is 28.8 Å². The Morgan fingerprint density at radius 3 is 2.83 bits per heavy atom. The van der Waals surface area contributed by atoms with E-state index >= 15 is 0 Å². The molecular weight excluding hydrogens is 238 g/mol. The summed E-state index contributed by atoms with van der Waals surface area (Å²) in [5.41, 5.74) is 0.756. The standard InChI is InChI=1S/C8H8BrNOS/c9-7-4-12-3-6(7)8(11)10-5-1-2-5/h3-5H,1-2H2,(H,10,11). The minimum atomic E-state index is 0.0469. The molecule has 1 aromatic heterocycles. The molecule has 4 heteroatoms. The molecular formula is C8H8BrNOS. The maximum absolute atomic E-state index is 11.4. The van der Waals surface area contributed by atoms with Crippen LogP contribution in [-0.4, -0.2) is 11.9 Å². The van der Waals surface area contributed by atoms with E-state index in [1.807, 2.05) is 10.8 Å². The molecule has 0 aliphatic heterocycles. The first-order chi connectivity index (χ1) is 5.77. The molecule has 1 aromatic rings. The van der Waals surface area contributed by atoms with Gasteiger partial charge in [0.05, 0.1) is 5.56 Å². The number of thiophene rings is 1. The van der Waals surface area contributed by atoms with E-state index < -0.39 is 0 Å². The normalized spacial score (nSPS) is 16.1. The van der Waals surface area contributed by atoms with Gasteiger partial charge in [0.1, 0.15) is 0 Å². The van der Waals surface area contributed by atoms with Gasteiger partial charge in [-0.1, -0.05) is 0 Å². The van der Waals surface area contributed by atoms with Gasteiger partial charge in [0, 0.05) is 21.3 Å². The Balaban J connectivity index is 2.07. The van der Waals surface area contributed by atoms with Crippen molar-refractivity contribution in [2.75, 3.05) is 0 Å². The number of halogens is 1. The number of carbonyl (C=O) groups is 1. The Morgan fingerprint density at radius 1 is 1.58 bits per heavy atom. The zero-order valence-corrected chi connectivity index (χ0v) is 8.74. The average molecular weight is 246 g/mol. The van der Waals surface area contributed by atoms with E-state index in [0.29, 0.717) is 6.04 Å². The highest BCUT2D eigenvalue weighted by molar-refractivity contribution is 9.10. The van der Waals surface area contributed by atoms with E-state index in [-0.39, 0.29) is 5.91 Å². The van der Waals surface area contributed by atoms with E-state index in [0.717, 1.165) is 22.9 Å². The van der Waals surface area contributed by atoms with E-state index in [4.69, 9.17) is 0 Å². The largest absolute Gasteiger partial charge is 0.349 e. The van der Waals surface area contributed by atoms with E-state index in [9.17, 15) is 4.79 Å². The van der Waals surface area contributed by atoms with Gasteiger partial charge in [-0.3, -0.25) is 4.79 Å². The van der Waals surface area contributed by atoms with Gasteiger partial charge in [0.25, 0.3) is 5.91 Å². The van der Waals surface area contributed by atoms with E-state index in [1.54, 1.807) is 0 Å². The zero-order chi connectivity index (χ0) is 8.55. The minimum absolute atomic E-state index is 0.0469. The Bertz CT molecular complexity index is 306. The van der Waals surface area contributed by atoms with Gasteiger partial charge in [-0.15, -0.1) is 0 Å². The van der Waals surface area contributed by atoms with Crippen LogP contribution in [0.25, 0.3) is 0 Å². The van der Waals surface area contributed by atoms with E-state index in [1.165, 1.54) is 11.3 Å². The molecule has 2 rings (SSSR count). The van der Waals surface area contributed by atoms with Gasteiger partial charge in [0.15, 0.2) is 0 Å². The molecule has 0 aromatic carbocycles. The second kappa shape index (κ2) is 3.18. The molecule has 0 radical (unpaired) electrons. The van der Waals surface area contributed by atoms with Gasteiger partial charge >= 0.3 is 0 Å². The fourth-order valence-corrected chi connectivity index (χ4v) is 2.39. The third kappa shape index (κ3) is 1.69. The number of amides is 1. The molecule has 0 bridgehead atoms. The second-order valence-electron chi connectivity index (χ2n) is 2.88. The Morgan fingerprint density at radius 2 is 2.33 bits per heavy atom. The first-order valence-corrected chi connectivity index (χ1v) is 5.53. The first-order valence-electron chi connectivity index (χ1n) is 3.80. The van der Waals surface area contributed by atoms with Crippen molar-refractivity contribution in [3.05, 3.63) is 20.8 Å². The molecule has 0 saturated heterocycles. The van der Waals surface area contributed by atoms with Crippen molar-refractivity contribution in [2.45, 2.75) is 18.9 Å². The van der Waals surface area contributed by atoms with Gasteiger partial charge in [-0.25, -0.2) is 0 Å². The minimum Gasteiger partial charge on any atom is -0.349 e. The molecule has 1 saturated carbocycles.